The second kappa shape index (κ2) is 11.9. The minimum absolute atomic E-state index is 0.146. The molecule has 0 fully saturated rings. The molecule has 7 nitrogen and oxygen atoms in total. The van der Waals surface area contributed by atoms with Gasteiger partial charge in [0.15, 0.2) is 0 Å². The predicted octanol–water partition coefficient (Wildman–Crippen LogP) is 5.54. The molecule has 2 amide bonds. The second-order valence-electron chi connectivity index (χ2n) is 8.80. The summed E-state index contributed by atoms with van der Waals surface area (Å²) in [7, 11) is 1.56. The Morgan fingerprint density at radius 2 is 1.57 bits per heavy atom. The number of aromatic nitrogens is 2. The summed E-state index contributed by atoms with van der Waals surface area (Å²) in [6.45, 7) is 4.41. The number of carbonyl (C=O) groups is 2. The van der Waals surface area contributed by atoms with Gasteiger partial charge in [0.05, 0.1) is 12.3 Å². The van der Waals surface area contributed by atoms with Crippen molar-refractivity contribution in [2.45, 2.75) is 13.8 Å². The molecule has 0 atom stereocenters. The van der Waals surface area contributed by atoms with E-state index in [0.717, 1.165) is 22.4 Å². The number of carbonyl (C=O) groups excluding carboxylic acids is 2. The minimum atomic E-state index is -0.363. The Hall–Kier alpha value is -3.94. The number of nitrogens with zero attached hydrogens (tertiary/aromatic N) is 3. The maximum atomic E-state index is 13.2. The average molecular weight is 517 g/mol. The first-order chi connectivity index (χ1) is 17.8. The van der Waals surface area contributed by atoms with Gasteiger partial charge in [-0.25, -0.2) is 4.98 Å². The van der Waals surface area contributed by atoms with E-state index in [4.69, 9.17) is 21.3 Å². The van der Waals surface area contributed by atoms with Gasteiger partial charge >= 0.3 is 0 Å². The van der Waals surface area contributed by atoms with Gasteiger partial charge in [-0.05, 0) is 50.2 Å². The number of ether oxygens (including phenoxy) is 1. The molecule has 190 valence electrons. The minimum Gasteiger partial charge on any atom is -0.383 e. The summed E-state index contributed by atoms with van der Waals surface area (Å²) in [6, 6.07) is 22.5. The molecule has 1 N–H and O–H groups in total. The Balaban J connectivity index is 1.60. The van der Waals surface area contributed by atoms with Crippen molar-refractivity contribution in [3.8, 4) is 16.9 Å². The van der Waals surface area contributed by atoms with Gasteiger partial charge in [0.1, 0.15) is 6.54 Å². The van der Waals surface area contributed by atoms with E-state index in [1.54, 1.807) is 31.4 Å². The number of benzene rings is 3. The summed E-state index contributed by atoms with van der Waals surface area (Å²) in [4.78, 5) is 32.5. The molecule has 0 saturated heterocycles. The lowest BCUT2D eigenvalue weighted by atomic mass is 10.1. The van der Waals surface area contributed by atoms with Crippen molar-refractivity contribution in [2.75, 3.05) is 32.1 Å². The van der Waals surface area contributed by atoms with Gasteiger partial charge < -0.3 is 9.64 Å². The molecule has 0 aliphatic heterocycles. The molecule has 1 heterocycles. The normalized spacial score (nSPS) is 10.8. The Bertz CT molecular complexity index is 1360. The summed E-state index contributed by atoms with van der Waals surface area (Å²) in [5, 5.41) is 3.53. The zero-order valence-electron chi connectivity index (χ0n) is 21.1. The Morgan fingerprint density at radius 3 is 2.19 bits per heavy atom. The first kappa shape index (κ1) is 26.1. The van der Waals surface area contributed by atoms with Gasteiger partial charge in [-0.2, -0.15) is 0 Å². The number of nitrogens with one attached hydrogen (secondary N) is 1. The lowest BCUT2D eigenvalue weighted by molar-refractivity contribution is -0.117. The Morgan fingerprint density at radius 1 is 0.946 bits per heavy atom. The van der Waals surface area contributed by atoms with Crippen molar-refractivity contribution >= 4 is 29.4 Å². The fourth-order valence-corrected chi connectivity index (χ4v) is 3.93. The van der Waals surface area contributed by atoms with Gasteiger partial charge in [0.2, 0.25) is 11.9 Å². The summed E-state index contributed by atoms with van der Waals surface area (Å²) < 4.78 is 7.00. The lowest BCUT2D eigenvalue weighted by Crippen LogP contribution is -2.40. The number of imidazole rings is 1. The first-order valence-electron chi connectivity index (χ1n) is 11.9. The molecule has 3 aromatic carbocycles. The highest BCUT2D eigenvalue weighted by Crippen LogP contribution is 2.26. The van der Waals surface area contributed by atoms with E-state index in [9.17, 15) is 9.59 Å². The smallest absolute Gasteiger partial charge is 0.254 e. The molecular weight excluding hydrogens is 488 g/mol. The van der Waals surface area contributed by atoms with Crippen LogP contribution in [0.5, 0.6) is 0 Å². The maximum Gasteiger partial charge on any atom is 0.254 e. The Kier molecular flexibility index (Phi) is 8.38. The monoisotopic (exact) mass is 516 g/mol. The number of amides is 2. The molecule has 37 heavy (non-hydrogen) atoms. The van der Waals surface area contributed by atoms with Crippen LogP contribution in [0.2, 0.25) is 5.02 Å². The number of hydrogen-bond donors (Lipinski definition) is 1. The third kappa shape index (κ3) is 6.64. The maximum absolute atomic E-state index is 13.2. The zero-order valence-corrected chi connectivity index (χ0v) is 21.8. The van der Waals surface area contributed by atoms with Crippen LogP contribution >= 0.6 is 11.6 Å². The fourth-order valence-electron chi connectivity index (χ4n) is 3.80. The summed E-state index contributed by atoms with van der Waals surface area (Å²) >= 11 is 6.05. The largest absolute Gasteiger partial charge is 0.383 e. The molecule has 4 rings (SSSR count). The molecule has 8 heteroatoms. The van der Waals surface area contributed by atoms with E-state index in [1.807, 2.05) is 73.1 Å². The topological polar surface area (TPSA) is 76.5 Å². The van der Waals surface area contributed by atoms with E-state index in [1.165, 1.54) is 4.90 Å². The second-order valence-corrected chi connectivity index (χ2v) is 9.23. The number of methoxy groups -OCH3 is 1. The van der Waals surface area contributed by atoms with Crippen LogP contribution in [0, 0.1) is 13.8 Å². The number of anilines is 1. The van der Waals surface area contributed by atoms with Crippen LogP contribution in [0.1, 0.15) is 21.5 Å². The fraction of sp³-hybridized carbons (Fsp3) is 0.207. The van der Waals surface area contributed by atoms with Gasteiger partial charge in [0.25, 0.3) is 5.91 Å². The predicted molar refractivity (Wildman–Crippen MR) is 146 cm³/mol. The SMILES string of the molecule is COCCN(CC(=O)Nc1nc(-c2ccc(Cl)cc2)cn1-c1ccc(C)cc1)C(=O)c1ccc(C)cc1. The average Bonchev–Trinajstić information content (AvgIpc) is 3.31. The van der Waals surface area contributed by atoms with Crippen molar-refractivity contribution < 1.29 is 14.3 Å². The molecule has 4 aromatic rings. The van der Waals surface area contributed by atoms with Crippen molar-refractivity contribution in [3.05, 3.63) is 101 Å². The van der Waals surface area contributed by atoms with E-state index in [0.29, 0.717) is 28.8 Å². The molecular formula is C29H29ClN4O3. The number of rotatable bonds is 9. The van der Waals surface area contributed by atoms with Gasteiger partial charge in [-0.1, -0.05) is 59.1 Å². The van der Waals surface area contributed by atoms with Crippen molar-refractivity contribution in [1.29, 1.82) is 0 Å². The van der Waals surface area contributed by atoms with Crippen LogP contribution in [-0.4, -0.2) is 53.1 Å². The first-order valence-corrected chi connectivity index (χ1v) is 12.3. The zero-order chi connectivity index (χ0) is 26.4. The standard InChI is InChI=1S/C29H29ClN4O3/c1-20-4-8-23(9-5-20)28(36)33(16-17-37-3)19-27(35)32-29-31-26(22-10-12-24(30)13-11-22)18-34(29)25-14-6-21(2)7-15-25/h4-15,18H,16-17,19H2,1-3H3,(H,31,32,35). The van der Waals surface area contributed by atoms with E-state index in [2.05, 4.69) is 5.32 Å². The molecule has 0 unspecified atom stereocenters. The van der Waals surface area contributed by atoms with E-state index in [-0.39, 0.29) is 24.9 Å². The summed E-state index contributed by atoms with van der Waals surface area (Å²) in [5.74, 6) is -0.248. The van der Waals surface area contributed by atoms with Gasteiger partial charge in [-0.3, -0.25) is 19.5 Å². The highest BCUT2D eigenvalue weighted by molar-refractivity contribution is 6.30. The lowest BCUT2D eigenvalue weighted by Gasteiger charge is -2.22. The van der Waals surface area contributed by atoms with E-state index >= 15 is 0 Å². The molecule has 0 radical (unpaired) electrons. The quantitative estimate of drug-likeness (QED) is 0.317. The van der Waals surface area contributed by atoms with Crippen LogP contribution in [0.3, 0.4) is 0 Å². The van der Waals surface area contributed by atoms with Gasteiger partial charge in [-0.15, -0.1) is 0 Å². The third-order valence-corrected chi connectivity index (χ3v) is 6.15. The summed E-state index contributed by atoms with van der Waals surface area (Å²) in [5.41, 5.74) is 5.08. The molecule has 0 aliphatic rings. The summed E-state index contributed by atoms with van der Waals surface area (Å²) in [6.07, 6.45) is 1.86. The third-order valence-electron chi connectivity index (χ3n) is 5.89. The van der Waals surface area contributed by atoms with Crippen LogP contribution in [0.25, 0.3) is 16.9 Å². The number of hydrogen-bond acceptors (Lipinski definition) is 4. The van der Waals surface area contributed by atoms with Crippen molar-refractivity contribution in [2.24, 2.45) is 0 Å². The van der Waals surface area contributed by atoms with Crippen molar-refractivity contribution in [1.82, 2.24) is 14.5 Å². The number of aryl methyl sites for hydroxylation is 2. The molecule has 0 spiro atoms. The Labute approximate surface area is 221 Å². The highest BCUT2D eigenvalue weighted by atomic mass is 35.5. The van der Waals surface area contributed by atoms with Crippen LogP contribution in [0.4, 0.5) is 5.95 Å². The highest BCUT2D eigenvalue weighted by Gasteiger charge is 2.21. The van der Waals surface area contributed by atoms with Crippen molar-refractivity contribution in [3.63, 3.8) is 0 Å². The number of halogens is 1. The molecule has 0 bridgehead atoms. The molecule has 0 aliphatic carbocycles. The van der Waals surface area contributed by atoms with Crippen LogP contribution in [-0.2, 0) is 9.53 Å². The van der Waals surface area contributed by atoms with Gasteiger partial charge in [0, 0.05) is 41.7 Å². The molecule has 0 saturated carbocycles. The van der Waals surface area contributed by atoms with E-state index < -0.39 is 0 Å². The molecule has 1 aromatic heterocycles. The van der Waals surface area contributed by atoms with Crippen LogP contribution in [0.15, 0.2) is 79.0 Å². The van der Waals surface area contributed by atoms with Crippen LogP contribution < -0.4 is 5.32 Å².